The zero-order chi connectivity index (χ0) is 12.8. The summed E-state index contributed by atoms with van der Waals surface area (Å²) in [6.07, 6.45) is 0.640. The van der Waals surface area contributed by atoms with E-state index >= 15 is 0 Å². The Balaban J connectivity index is 0.00000289. The summed E-state index contributed by atoms with van der Waals surface area (Å²) in [4.78, 5) is 11.6. The number of ether oxygens (including phenoxy) is 1. The van der Waals surface area contributed by atoms with Crippen molar-refractivity contribution >= 4 is 18.3 Å². The van der Waals surface area contributed by atoms with Crippen molar-refractivity contribution in [3.8, 4) is 5.75 Å². The Morgan fingerprint density at radius 1 is 1.39 bits per heavy atom. The number of hydrogen-bond acceptors (Lipinski definition) is 3. The number of nitrogens with two attached hydrogens (primary N) is 1. The van der Waals surface area contributed by atoms with Crippen LogP contribution in [0.25, 0.3) is 0 Å². The lowest BCUT2D eigenvalue weighted by molar-refractivity contribution is -0.123. The van der Waals surface area contributed by atoms with Gasteiger partial charge in [-0.05, 0) is 31.0 Å². The van der Waals surface area contributed by atoms with Gasteiger partial charge in [0.2, 0.25) is 5.91 Å². The molecule has 0 fully saturated rings. The fourth-order valence-corrected chi connectivity index (χ4v) is 1.48. The molecular formula is C13H21ClN2O2. The highest BCUT2D eigenvalue weighted by Crippen LogP contribution is 2.17. The maximum Gasteiger partial charge on any atom is 0.237 e. The molecule has 1 aromatic rings. The lowest BCUT2D eigenvalue weighted by Gasteiger charge is -2.17. The number of carbonyl (C=O) groups is 1. The number of amides is 1. The van der Waals surface area contributed by atoms with Crippen LogP contribution in [0.4, 0.5) is 0 Å². The van der Waals surface area contributed by atoms with Crippen molar-refractivity contribution in [2.45, 2.75) is 32.4 Å². The third kappa shape index (κ3) is 4.55. The van der Waals surface area contributed by atoms with Gasteiger partial charge < -0.3 is 15.8 Å². The predicted octanol–water partition coefficient (Wildman–Crippen LogP) is 2.03. The lowest BCUT2D eigenvalue weighted by Crippen LogP contribution is -2.41. The van der Waals surface area contributed by atoms with Gasteiger partial charge in [-0.2, -0.15) is 0 Å². The van der Waals surface area contributed by atoms with Gasteiger partial charge in [0.05, 0.1) is 19.2 Å². The van der Waals surface area contributed by atoms with Crippen molar-refractivity contribution in [1.29, 1.82) is 0 Å². The first-order valence-corrected chi connectivity index (χ1v) is 5.78. The van der Waals surface area contributed by atoms with Crippen LogP contribution in [0, 0.1) is 0 Å². The van der Waals surface area contributed by atoms with Crippen molar-refractivity contribution in [1.82, 2.24) is 5.32 Å². The van der Waals surface area contributed by atoms with E-state index in [1.165, 1.54) is 0 Å². The summed E-state index contributed by atoms with van der Waals surface area (Å²) in [7, 11) is 1.63. The fraction of sp³-hybridized carbons (Fsp3) is 0.462. The van der Waals surface area contributed by atoms with Crippen LogP contribution >= 0.6 is 12.4 Å². The van der Waals surface area contributed by atoms with Crippen molar-refractivity contribution in [2.75, 3.05) is 7.11 Å². The maximum absolute atomic E-state index is 11.6. The predicted molar refractivity (Wildman–Crippen MR) is 75.1 cm³/mol. The Bertz CT molecular complexity index is 368. The Kier molecular flexibility index (Phi) is 7.39. The molecule has 2 atom stereocenters. The molecule has 4 nitrogen and oxygen atoms in total. The summed E-state index contributed by atoms with van der Waals surface area (Å²) in [5, 5.41) is 2.88. The van der Waals surface area contributed by atoms with Gasteiger partial charge in [0.25, 0.3) is 0 Å². The van der Waals surface area contributed by atoms with Gasteiger partial charge in [-0.1, -0.05) is 19.1 Å². The molecular weight excluding hydrogens is 252 g/mol. The summed E-state index contributed by atoms with van der Waals surface area (Å²) < 4.78 is 5.08. The third-order valence-electron chi connectivity index (χ3n) is 2.75. The fourth-order valence-electron chi connectivity index (χ4n) is 1.48. The van der Waals surface area contributed by atoms with E-state index in [-0.39, 0.29) is 24.4 Å². The number of rotatable bonds is 5. The molecule has 0 saturated heterocycles. The normalized spacial score (nSPS) is 13.1. The molecule has 5 heteroatoms. The molecule has 0 saturated carbocycles. The van der Waals surface area contributed by atoms with E-state index in [1.807, 2.05) is 38.1 Å². The van der Waals surface area contributed by atoms with Gasteiger partial charge in [0, 0.05) is 0 Å². The molecule has 0 spiro atoms. The van der Waals surface area contributed by atoms with Gasteiger partial charge in [-0.15, -0.1) is 12.4 Å². The van der Waals surface area contributed by atoms with E-state index in [9.17, 15) is 4.79 Å². The number of halogens is 1. The molecule has 0 radical (unpaired) electrons. The Hall–Kier alpha value is -1.26. The highest BCUT2D eigenvalue weighted by Gasteiger charge is 2.14. The summed E-state index contributed by atoms with van der Waals surface area (Å²) in [6, 6.07) is 7.12. The Morgan fingerprint density at radius 2 is 1.94 bits per heavy atom. The summed E-state index contributed by atoms with van der Waals surface area (Å²) in [6.45, 7) is 3.82. The number of nitrogens with one attached hydrogen (secondary N) is 1. The molecule has 1 rings (SSSR count). The van der Waals surface area contributed by atoms with Crippen molar-refractivity contribution in [3.05, 3.63) is 29.8 Å². The Morgan fingerprint density at radius 3 is 2.39 bits per heavy atom. The smallest absolute Gasteiger partial charge is 0.237 e. The number of benzene rings is 1. The van der Waals surface area contributed by atoms with E-state index in [2.05, 4.69) is 5.32 Å². The number of methoxy groups -OCH3 is 1. The quantitative estimate of drug-likeness (QED) is 0.862. The average molecular weight is 273 g/mol. The molecule has 0 aliphatic heterocycles. The van der Waals surface area contributed by atoms with Crippen molar-refractivity contribution in [2.24, 2.45) is 5.73 Å². The minimum Gasteiger partial charge on any atom is -0.497 e. The van der Waals surface area contributed by atoms with Gasteiger partial charge >= 0.3 is 0 Å². The molecule has 18 heavy (non-hydrogen) atoms. The van der Waals surface area contributed by atoms with Gasteiger partial charge in [0.15, 0.2) is 0 Å². The number of hydrogen-bond donors (Lipinski definition) is 2. The molecule has 0 heterocycles. The second-order valence-electron chi connectivity index (χ2n) is 4.02. The highest BCUT2D eigenvalue weighted by molar-refractivity contribution is 5.85. The zero-order valence-electron chi connectivity index (χ0n) is 11.0. The lowest BCUT2D eigenvalue weighted by atomic mass is 10.1. The van der Waals surface area contributed by atoms with Crippen LogP contribution in [0.5, 0.6) is 5.75 Å². The third-order valence-corrected chi connectivity index (χ3v) is 2.75. The first-order chi connectivity index (χ1) is 8.08. The molecule has 1 amide bonds. The molecule has 0 aromatic heterocycles. The molecule has 0 aliphatic carbocycles. The van der Waals surface area contributed by atoms with Crippen molar-refractivity contribution in [3.63, 3.8) is 0 Å². The van der Waals surface area contributed by atoms with E-state index in [0.717, 1.165) is 11.3 Å². The minimum atomic E-state index is -0.435. The maximum atomic E-state index is 11.6. The van der Waals surface area contributed by atoms with Crippen LogP contribution in [0.1, 0.15) is 31.9 Å². The second kappa shape index (κ2) is 7.95. The number of carbonyl (C=O) groups excluding carboxylic acids is 1. The van der Waals surface area contributed by atoms with Crippen LogP contribution in [0.3, 0.4) is 0 Å². The molecule has 0 bridgehead atoms. The standard InChI is InChI=1S/C13H20N2O2.ClH/c1-4-12(14)13(16)15-9(2)10-5-7-11(17-3)8-6-10;/h5-9,12H,4,14H2,1-3H3,(H,15,16);1H/t9?,12-;/m0./s1. The van der Waals surface area contributed by atoms with Crippen molar-refractivity contribution < 1.29 is 9.53 Å². The Labute approximate surface area is 114 Å². The zero-order valence-corrected chi connectivity index (χ0v) is 11.8. The van der Waals surface area contributed by atoms with Gasteiger partial charge in [0.1, 0.15) is 5.75 Å². The molecule has 102 valence electrons. The van der Waals surface area contributed by atoms with Gasteiger partial charge in [-0.25, -0.2) is 0 Å². The summed E-state index contributed by atoms with van der Waals surface area (Å²) >= 11 is 0. The van der Waals surface area contributed by atoms with Crippen LogP contribution in [0.2, 0.25) is 0 Å². The highest BCUT2D eigenvalue weighted by atomic mass is 35.5. The second-order valence-corrected chi connectivity index (χ2v) is 4.02. The first kappa shape index (κ1) is 16.7. The van der Waals surface area contributed by atoms with Gasteiger partial charge in [-0.3, -0.25) is 4.79 Å². The van der Waals surface area contributed by atoms with E-state index < -0.39 is 6.04 Å². The molecule has 1 aromatic carbocycles. The largest absolute Gasteiger partial charge is 0.497 e. The van der Waals surface area contributed by atoms with Crippen LogP contribution in [0.15, 0.2) is 24.3 Å². The molecule has 1 unspecified atom stereocenters. The van der Waals surface area contributed by atoms with E-state index in [0.29, 0.717) is 6.42 Å². The van der Waals surface area contributed by atoms with Crippen LogP contribution in [-0.4, -0.2) is 19.1 Å². The summed E-state index contributed by atoms with van der Waals surface area (Å²) in [5.74, 6) is 0.688. The SMILES string of the molecule is CC[C@H](N)C(=O)NC(C)c1ccc(OC)cc1.Cl. The average Bonchev–Trinajstić information content (AvgIpc) is 2.37. The minimum absolute atomic E-state index is 0. The monoisotopic (exact) mass is 272 g/mol. The topological polar surface area (TPSA) is 64.4 Å². The van der Waals surface area contributed by atoms with Crippen LogP contribution in [-0.2, 0) is 4.79 Å². The van der Waals surface area contributed by atoms with Crippen LogP contribution < -0.4 is 15.8 Å². The molecule has 0 aliphatic rings. The first-order valence-electron chi connectivity index (χ1n) is 5.78. The van der Waals surface area contributed by atoms with E-state index in [4.69, 9.17) is 10.5 Å². The summed E-state index contributed by atoms with van der Waals surface area (Å²) in [5.41, 5.74) is 6.69. The molecule has 3 N–H and O–H groups in total. The van der Waals surface area contributed by atoms with E-state index in [1.54, 1.807) is 7.11 Å².